The number of hydrogen-bond acceptors (Lipinski definition) is 10. The smallest absolute Gasteiger partial charge is 0.414 e. The molecule has 0 bridgehead atoms. The van der Waals surface area contributed by atoms with E-state index in [0.717, 1.165) is 22.3 Å². The van der Waals surface area contributed by atoms with Crippen molar-refractivity contribution in [1.29, 1.82) is 5.26 Å². The van der Waals surface area contributed by atoms with Gasteiger partial charge in [0.05, 0.1) is 31.5 Å². The Labute approximate surface area is 285 Å². The van der Waals surface area contributed by atoms with E-state index in [0.29, 0.717) is 0 Å². The number of rotatable bonds is 12. The Bertz CT molecular complexity index is 1880. The zero-order valence-electron chi connectivity index (χ0n) is 28.6. The van der Waals surface area contributed by atoms with Crippen LogP contribution in [0.3, 0.4) is 0 Å². The van der Waals surface area contributed by atoms with Gasteiger partial charge in [0.1, 0.15) is 12.7 Å². The van der Waals surface area contributed by atoms with Crippen molar-refractivity contribution in [3.05, 3.63) is 76.3 Å². The van der Waals surface area contributed by atoms with Crippen LogP contribution in [-0.2, 0) is 18.5 Å². The number of anilines is 1. The van der Waals surface area contributed by atoms with Crippen molar-refractivity contribution in [2.75, 3.05) is 18.5 Å². The lowest BCUT2D eigenvalue weighted by molar-refractivity contribution is -0.0132. The predicted octanol–water partition coefficient (Wildman–Crippen LogP) is 6.40. The Hall–Kier alpha value is -4.25. The van der Waals surface area contributed by atoms with E-state index >= 15 is 4.39 Å². The highest BCUT2D eigenvalue weighted by Gasteiger charge is 2.48. The maximum absolute atomic E-state index is 16.4. The minimum absolute atomic E-state index is 0.0234. The van der Waals surface area contributed by atoms with Crippen molar-refractivity contribution in [1.82, 2.24) is 24.2 Å². The molecule has 15 heteroatoms. The Morgan fingerprint density at radius 1 is 1.18 bits per heavy atom. The lowest BCUT2D eigenvalue weighted by Crippen LogP contribution is -2.37. The average molecular weight is 693 g/mol. The molecule has 49 heavy (non-hydrogen) atoms. The molecule has 2 aliphatic rings. The van der Waals surface area contributed by atoms with Crippen LogP contribution in [0.2, 0.25) is 0 Å². The summed E-state index contributed by atoms with van der Waals surface area (Å²) in [6.45, 7) is 7.67. The summed E-state index contributed by atoms with van der Waals surface area (Å²) < 4.78 is 51.5. The Balaban J connectivity index is 1.19. The molecule has 0 saturated carbocycles. The van der Waals surface area contributed by atoms with Crippen molar-refractivity contribution >= 4 is 31.7 Å². The molecule has 2 aromatic heterocycles. The number of nitrogens with zero attached hydrogens (tertiary/aromatic N) is 5. The summed E-state index contributed by atoms with van der Waals surface area (Å²) in [7, 11) is -1.83. The number of alkyl halides is 1. The topological polar surface area (TPSA) is 157 Å². The van der Waals surface area contributed by atoms with E-state index in [9.17, 15) is 9.59 Å². The van der Waals surface area contributed by atoms with Gasteiger partial charge in [-0.2, -0.15) is 10.2 Å². The zero-order valence-corrected chi connectivity index (χ0v) is 28.5. The third-order valence-corrected chi connectivity index (χ3v) is 10.5. The molecule has 1 aliphatic heterocycles. The van der Waals surface area contributed by atoms with E-state index in [2.05, 4.69) is 20.3 Å². The molecule has 1 fully saturated rings. The second kappa shape index (κ2) is 14.7. The summed E-state index contributed by atoms with van der Waals surface area (Å²) in [6, 6.07) is 17.9. The molecule has 2 N–H and O–H groups in total. The van der Waals surface area contributed by atoms with Crippen molar-refractivity contribution in [3.8, 4) is 17.2 Å². The molecule has 0 radical (unpaired) electrons. The first-order valence-corrected chi connectivity index (χ1v) is 17.2. The van der Waals surface area contributed by atoms with Crippen LogP contribution in [0.5, 0.6) is 0 Å². The number of benzene rings is 2. The summed E-state index contributed by atoms with van der Waals surface area (Å²) in [5.41, 5.74) is 3.46. The van der Waals surface area contributed by atoms with Gasteiger partial charge in [0, 0.05) is 19.4 Å². The first-order valence-electron chi connectivity index (χ1n) is 16.8. The van der Waals surface area contributed by atoms with Gasteiger partial charge in [-0.25, -0.2) is 18.8 Å². The molecule has 3 heterocycles. The normalized spacial score (nSPS) is 21.2. The van der Waals surface area contributed by atoms with E-state index in [1.54, 1.807) is 0 Å². The number of amides is 1. The number of aromatic nitrogens is 4. The maximum atomic E-state index is 16.4. The molecular weight excluding hydrogens is 652 g/mol. The number of hydrogen-bond donors (Lipinski definition) is 2. The van der Waals surface area contributed by atoms with Crippen LogP contribution >= 0.6 is 8.53 Å². The molecule has 6 rings (SSSR count). The largest absolute Gasteiger partial charge is 0.448 e. The number of fused-ring (bicyclic) bond motifs is 4. The van der Waals surface area contributed by atoms with Crippen molar-refractivity contribution < 1.29 is 29.1 Å². The van der Waals surface area contributed by atoms with Crippen molar-refractivity contribution in [2.24, 2.45) is 0 Å². The quantitative estimate of drug-likeness (QED) is 0.126. The second-order valence-electron chi connectivity index (χ2n) is 12.3. The van der Waals surface area contributed by atoms with Crippen LogP contribution in [0, 0.1) is 11.3 Å². The van der Waals surface area contributed by atoms with Crippen molar-refractivity contribution in [3.63, 3.8) is 0 Å². The number of ether oxygens (including phenoxy) is 2. The van der Waals surface area contributed by atoms with Gasteiger partial charge < -0.3 is 18.5 Å². The van der Waals surface area contributed by atoms with Gasteiger partial charge in [0.15, 0.2) is 23.6 Å². The number of imidazole rings is 1. The summed E-state index contributed by atoms with van der Waals surface area (Å²) in [5, 5.41) is 11.5. The van der Waals surface area contributed by atoms with Crippen LogP contribution in [-0.4, -0.2) is 74.0 Å². The maximum Gasteiger partial charge on any atom is 0.414 e. The fraction of sp³-hybridized carbons (Fsp3) is 0.441. The van der Waals surface area contributed by atoms with E-state index in [1.807, 2.05) is 87.0 Å². The van der Waals surface area contributed by atoms with Crippen LogP contribution in [0.15, 0.2) is 59.7 Å². The fourth-order valence-corrected chi connectivity index (χ4v) is 8.11. The molecule has 2 aromatic carbocycles. The van der Waals surface area contributed by atoms with Gasteiger partial charge in [-0.1, -0.05) is 48.5 Å². The third-order valence-electron chi connectivity index (χ3n) is 8.41. The second-order valence-corrected chi connectivity index (χ2v) is 13.7. The Morgan fingerprint density at radius 3 is 2.49 bits per heavy atom. The monoisotopic (exact) mass is 692 g/mol. The number of halogens is 1. The molecule has 1 amide bonds. The van der Waals surface area contributed by atoms with Gasteiger partial charge in [-0.15, -0.1) is 0 Å². The standard InChI is InChI=1S/C34H39FN7O6P/c1-19(2)42(20(3)4)49(46-16-10-15-36)48-29-21(5)47-32(27(29)35)41-18-37-28-30(41)38-33(39-31(28)43)40-34(44)45-17-26-24-13-8-6-11-22(24)23-12-7-9-14-25(23)26/h6-9,11-14,18-21,26-27,29,32H,10,16-17H2,1-5H3,(H2,38,39,40,43,44)/t21-,27+,29?,32-,49?/m1/s1/i5D. The molecular formula is C34H39FN7O6P. The molecule has 1 saturated heterocycles. The number of H-pyrrole nitrogens is 1. The minimum atomic E-state index is -1.83. The van der Waals surface area contributed by atoms with Crippen LogP contribution < -0.4 is 10.9 Å². The summed E-state index contributed by atoms with van der Waals surface area (Å²) in [6.07, 6.45) is -4.83. The zero-order chi connectivity index (χ0) is 35.5. The molecule has 4 aromatic rings. The summed E-state index contributed by atoms with van der Waals surface area (Å²) in [5.74, 6) is -0.394. The van der Waals surface area contributed by atoms with Crippen LogP contribution in [0.25, 0.3) is 22.3 Å². The Morgan fingerprint density at radius 2 is 1.86 bits per heavy atom. The van der Waals surface area contributed by atoms with Crippen LogP contribution in [0.4, 0.5) is 15.1 Å². The third kappa shape index (κ3) is 6.95. The van der Waals surface area contributed by atoms with Crippen molar-refractivity contribution in [2.45, 2.75) is 83.6 Å². The van der Waals surface area contributed by atoms with Crippen LogP contribution in [0.1, 0.15) is 65.7 Å². The van der Waals surface area contributed by atoms with E-state index in [4.69, 9.17) is 25.2 Å². The number of nitriles is 1. The van der Waals surface area contributed by atoms with Gasteiger partial charge >= 0.3 is 6.09 Å². The molecule has 1 aliphatic carbocycles. The average Bonchev–Trinajstić information content (AvgIpc) is 3.75. The lowest BCUT2D eigenvalue weighted by Gasteiger charge is -2.37. The number of nitrogens with one attached hydrogen (secondary N) is 2. The number of carbonyl (C=O) groups excluding carboxylic acids is 1. The van der Waals surface area contributed by atoms with E-state index < -0.39 is 44.8 Å². The van der Waals surface area contributed by atoms with E-state index in [-0.39, 0.29) is 61.6 Å². The first kappa shape index (κ1) is 33.3. The van der Waals surface area contributed by atoms with Gasteiger partial charge in [-0.3, -0.25) is 19.7 Å². The highest BCUT2D eigenvalue weighted by atomic mass is 31.2. The molecule has 258 valence electrons. The lowest BCUT2D eigenvalue weighted by atomic mass is 9.98. The molecule has 5 atom stereocenters. The predicted molar refractivity (Wildman–Crippen MR) is 181 cm³/mol. The summed E-state index contributed by atoms with van der Waals surface area (Å²) >= 11 is 0. The minimum Gasteiger partial charge on any atom is -0.448 e. The summed E-state index contributed by atoms with van der Waals surface area (Å²) in [4.78, 5) is 36.9. The molecule has 2 unspecified atom stereocenters. The fourth-order valence-electron chi connectivity index (χ4n) is 6.35. The first-order chi connectivity index (χ1) is 24.1. The SMILES string of the molecule is [2H]C[C@H]1O[C@@H](n2cnc3c(=O)[nH]c(NC(=O)OCC4c5ccccc5-c5ccccc54)nc32)[C@@H](F)C1OP(OCCC#N)N(C(C)C)C(C)C. The number of aromatic amines is 1. The van der Waals surface area contributed by atoms with E-state index in [1.165, 1.54) is 10.9 Å². The highest BCUT2D eigenvalue weighted by Crippen LogP contribution is 2.50. The Kier molecular flexibility index (Phi) is 9.98. The molecule has 13 nitrogen and oxygen atoms in total. The van der Waals surface area contributed by atoms with Gasteiger partial charge in [-0.05, 0) is 56.8 Å². The molecule has 0 spiro atoms. The highest BCUT2D eigenvalue weighted by molar-refractivity contribution is 7.44. The van der Waals surface area contributed by atoms with Gasteiger partial charge in [0.25, 0.3) is 14.1 Å². The number of carbonyl (C=O) groups is 1. The van der Waals surface area contributed by atoms with Gasteiger partial charge in [0.2, 0.25) is 5.95 Å².